The van der Waals surface area contributed by atoms with Gasteiger partial charge in [-0.05, 0) is 110 Å². The number of aromatic nitrogens is 4. The van der Waals surface area contributed by atoms with E-state index in [1.165, 1.54) is 0 Å². The summed E-state index contributed by atoms with van der Waals surface area (Å²) in [6, 6.07) is 30.0. The van der Waals surface area contributed by atoms with Crippen molar-refractivity contribution < 1.29 is 19.5 Å². The molecule has 2 fully saturated rings. The van der Waals surface area contributed by atoms with Gasteiger partial charge in [0.1, 0.15) is 23.7 Å². The van der Waals surface area contributed by atoms with Crippen LogP contribution in [0.25, 0.3) is 33.6 Å². The van der Waals surface area contributed by atoms with Gasteiger partial charge in [-0.25, -0.2) is 14.8 Å². The first-order valence-electron chi connectivity index (χ1n) is 20.3. The maximum atomic E-state index is 14.0. The maximum absolute atomic E-state index is 14.0. The Morgan fingerprint density at radius 1 is 0.695 bits per heavy atom. The maximum Gasteiger partial charge on any atom is 0.405 e. The largest absolute Gasteiger partial charge is 0.465 e. The molecule has 4 aromatic carbocycles. The number of carbonyl (C=O) groups is 3. The first-order chi connectivity index (χ1) is 28.6. The fourth-order valence-corrected chi connectivity index (χ4v) is 8.88. The number of likely N-dealkylation sites (N-methyl/N-ethyl adjacent to an activating group) is 1. The second-order valence-electron chi connectivity index (χ2n) is 15.9. The minimum Gasteiger partial charge on any atom is -0.465 e. The number of hydrogen-bond donors (Lipinski definition) is 4. The Bertz CT molecular complexity index is 2460. The fraction of sp³-hybridized carbons (Fsp3) is 0.298. The molecule has 3 amide bonds. The van der Waals surface area contributed by atoms with Gasteiger partial charge < -0.3 is 30.2 Å². The van der Waals surface area contributed by atoms with Crippen LogP contribution >= 0.6 is 0 Å². The summed E-state index contributed by atoms with van der Waals surface area (Å²) in [5, 5.41) is 12.0. The minimum atomic E-state index is -1.25. The molecule has 6 aromatic rings. The van der Waals surface area contributed by atoms with Crippen LogP contribution in [0.2, 0.25) is 0 Å². The molecule has 12 nitrogen and oxygen atoms in total. The predicted molar refractivity (Wildman–Crippen MR) is 227 cm³/mol. The molecule has 0 unspecified atom stereocenters. The summed E-state index contributed by atoms with van der Waals surface area (Å²) < 4.78 is 0. The van der Waals surface area contributed by atoms with Crippen molar-refractivity contribution >= 4 is 17.9 Å². The summed E-state index contributed by atoms with van der Waals surface area (Å²) in [5.74, 6) is 1.29. The first-order valence-corrected chi connectivity index (χ1v) is 20.3. The van der Waals surface area contributed by atoms with Crippen molar-refractivity contribution in [2.24, 2.45) is 0 Å². The first kappa shape index (κ1) is 39.3. The summed E-state index contributed by atoms with van der Waals surface area (Å²) in [4.78, 5) is 61.7. The SMILES string of the molecule is Cc1cc(-c2cnc([C@@H]3CCCN3C(=O)[C@H](NC(=O)O)c3ccccc3)[nH]2)ccc1-c1ccc(-c2cnc([C@@H]3CCCN3C(=O)[C@@H](c3ccccc3)N(C)C)[nH]2)cc1C. The van der Waals surface area contributed by atoms with Crippen LogP contribution in [0, 0.1) is 13.8 Å². The average Bonchev–Trinajstić information content (AvgIpc) is 4.08. The minimum absolute atomic E-state index is 0.0908. The van der Waals surface area contributed by atoms with Gasteiger partial charge in [0, 0.05) is 13.1 Å². The number of carboxylic acid groups (broad SMARTS) is 1. The number of aryl methyl sites for hydroxylation is 2. The highest BCUT2D eigenvalue weighted by atomic mass is 16.4. The van der Waals surface area contributed by atoms with Gasteiger partial charge >= 0.3 is 6.09 Å². The lowest BCUT2D eigenvalue weighted by atomic mass is 9.93. The number of nitrogens with one attached hydrogen (secondary N) is 3. The Balaban J connectivity index is 0.968. The summed E-state index contributed by atoms with van der Waals surface area (Å²) in [6.07, 6.45) is 5.74. The number of nitrogens with zero attached hydrogens (tertiary/aromatic N) is 5. The van der Waals surface area contributed by atoms with Crippen LogP contribution in [0.15, 0.2) is 109 Å². The van der Waals surface area contributed by atoms with Crippen LogP contribution in [0.3, 0.4) is 0 Å². The van der Waals surface area contributed by atoms with Crippen molar-refractivity contribution in [3.8, 4) is 33.6 Å². The third-order valence-corrected chi connectivity index (χ3v) is 11.8. The molecule has 2 aromatic heterocycles. The molecule has 2 aliphatic heterocycles. The van der Waals surface area contributed by atoms with Crippen LogP contribution in [-0.4, -0.2) is 84.8 Å². The number of imidazole rings is 2. The number of hydrogen-bond acceptors (Lipinski definition) is 6. The normalized spacial score (nSPS) is 17.6. The Hall–Kier alpha value is -6.53. The Morgan fingerprint density at radius 3 is 1.63 bits per heavy atom. The molecule has 2 saturated heterocycles. The van der Waals surface area contributed by atoms with Crippen LogP contribution in [0.1, 0.15) is 83.8 Å². The van der Waals surface area contributed by atoms with E-state index in [0.29, 0.717) is 24.5 Å². The highest BCUT2D eigenvalue weighted by Gasteiger charge is 2.38. The molecule has 4 heterocycles. The van der Waals surface area contributed by atoms with E-state index in [4.69, 9.17) is 9.97 Å². The van der Waals surface area contributed by atoms with E-state index in [2.05, 4.69) is 65.5 Å². The zero-order chi connectivity index (χ0) is 41.2. The lowest BCUT2D eigenvalue weighted by molar-refractivity contribution is -0.137. The highest BCUT2D eigenvalue weighted by Crippen LogP contribution is 2.38. The number of aromatic amines is 2. The molecule has 0 saturated carbocycles. The quantitative estimate of drug-likeness (QED) is 0.103. The molecule has 4 atom stereocenters. The second-order valence-corrected chi connectivity index (χ2v) is 15.9. The zero-order valence-electron chi connectivity index (χ0n) is 33.9. The molecule has 302 valence electrons. The Morgan fingerprint density at radius 2 is 1.17 bits per heavy atom. The monoisotopic (exact) mass is 790 g/mol. The number of amides is 3. The van der Waals surface area contributed by atoms with Crippen molar-refractivity contribution in [2.75, 3.05) is 27.2 Å². The molecular formula is C47H50N8O4. The summed E-state index contributed by atoms with van der Waals surface area (Å²) in [7, 11) is 3.90. The zero-order valence-corrected chi connectivity index (χ0v) is 33.9. The van der Waals surface area contributed by atoms with Gasteiger partial charge in [0.2, 0.25) is 5.91 Å². The van der Waals surface area contributed by atoms with Crippen LogP contribution in [0.5, 0.6) is 0 Å². The lowest BCUT2D eigenvalue weighted by Gasteiger charge is -2.31. The van der Waals surface area contributed by atoms with Crippen molar-refractivity contribution in [1.29, 1.82) is 0 Å². The van der Waals surface area contributed by atoms with Gasteiger partial charge in [-0.1, -0.05) is 84.9 Å². The molecular weight excluding hydrogens is 741 g/mol. The third-order valence-electron chi connectivity index (χ3n) is 11.8. The molecule has 59 heavy (non-hydrogen) atoms. The Labute approximate surface area is 344 Å². The number of likely N-dealkylation sites (tertiary alicyclic amines) is 2. The van der Waals surface area contributed by atoms with E-state index < -0.39 is 12.1 Å². The molecule has 4 N–H and O–H groups in total. The third kappa shape index (κ3) is 8.00. The second kappa shape index (κ2) is 16.8. The van der Waals surface area contributed by atoms with Gasteiger partial charge in [-0.15, -0.1) is 0 Å². The van der Waals surface area contributed by atoms with Crippen molar-refractivity contribution in [1.82, 2.24) is 40.0 Å². The van der Waals surface area contributed by atoms with E-state index in [9.17, 15) is 19.5 Å². The van der Waals surface area contributed by atoms with Gasteiger partial charge in [-0.3, -0.25) is 14.5 Å². The average molecular weight is 791 g/mol. The van der Waals surface area contributed by atoms with Gasteiger partial charge in [-0.2, -0.15) is 0 Å². The van der Waals surface area contributed by atoms with Crippen molar-refractivity contribution in [3.05, 3.63) is 143 Å². The summed E-state index contributed by atoms with van der Waals surface area (Å²) in [6.45, 7) is 5.45. The molecule has 12 heteroatoms. The topological polar surface area (TPSA) is 151 Å². The smallest absolute Gasteiger partial charge is 0.405 e. The van der Waals surface area contributed by atoms with Crippen molar-refractivity contribution in [3.63, 3.8) is 0 Å². The molecule has 0 radical (unpaired) electrons. The number of rotatable bonds is 11. The molecule has 0 spiro atoms. The molecule has 8 rings (SSSR count). The van der Waals surface area contributed by atoms with Gasteiger partial charge in [0.15, 0.2) is 0 Å². The number of carbonyl (C=O) groups excluding carboxylic acids is 2. The van der Waals surface area contributed by atoms with Crippen LogP contribution < -0.4 is 5.32 Å². The summed E-state index contributed by atoms with van der Waals surface area (Å²) in [5.41, 5.74) is 9.86. The van der Waals surface area contributed by atoms with E-state index in [1.807, 2.05) is 66.5 Å². The fourth-order valence-electron chi connectivity index (χ4n) is 8.88. The standard InChI is InChI=1S/C47H50N8O4/c1-29-25-33(37-27-48-43(50-37)39-17-11-23-54(39)45(56)41(52-47(58)59)31-13-7-5-8-14-31)19-21-35(29)36-22-20-34(26-30(36)2)38-28-49-44(51-38)40-18-12-24-55(40)46(57)42(53(3)4)32-15-9-6-10-16-32/h5-10,13-16,19-22,25-28,39-42,52H,11-12,17-18,23-24H2,1-4H3,(H,48,50)(H,49,51)(H,58,59)/t39-,40-,41+,42+/m0/s1. The van der Waals surface area contributed by atoms with Gasteiger partial charge in [0.25, 0.3) is 5.91 Å². The molecule has 2 aliphatic rings. The van der Waals surface area contributed by atoms with Crippen LogP contribution in [0.4, 0.5) is 4.79 Å². The van der Waals surface area contributed by atoms with E-state index in [1.54, 1.807) is 35.4 Å². The summed E-state index contributed by atoms with van der Waals surface area (Å²) >= 11 is 0. The van der Waals surface area contributed by atoms with E-state index >= 15 is 0 Å². The molecule has 0 aliphatic carbocycles. The lowest BCUT2D eigenvalue weighted by Crippen LogP contribution is -2.42. The van der Waals surface area contributed by atoms with E-state index in [-0.39, 0.29) is 29.9 Å². The highest BCUT2D eigenvalue weighted by molar-refractivity contribution is 5.87. The van der Waals surface area contributed by atoms with Gasteiger partial charge in [0.05, 0.1) is 35.9 Å². The number of H-pyrrole nitrogens is 2. The Kier molecular flexibility index (Phi) is 11.2. The van der Waals surface area contributed by atoms with E-state index in [0.717, 1.165) is 81.8 Å². The van der Waals surface area contributed by atoms with Crippen molar-refractivity contribution in [2.45, 2.75) is 63.7 Å². The predicted octanol–water partition coefficient (Wildman–Crippen LogP) is 8.39. The van der Waals surface area contributed by atoms with Crippen LogP contribution in [-0.2, 0) is 9.59 Å². The number of benzene rings is 4. The molecule has 0 bridgehead atoms.